The van der Waals surface area contributed by atoms with Crippen LogP contribution in [0, 0.1) is 10.7 Å². The van der Waals surface area contributed by atoms with Gasteiger partial charge in [-0.3, -0.25) is 0 Å². The van der Waals surface area contributed by atoms with E-state index < -0.39 is 0 Å². The molecule has 1 aliphatic rings. The average Bonchev–Trinajstić information content (AvgIpc) is 2.77. The van der Waals surface area contributed by atoms with Gasteiger partial charge in [-0.15, -0.1) is 0 Å². The Balaban J connectivity index is 2.06. The molecule has 1 aliphatic carbocycles. The Hall–Kier alpha value is -0.800. The van der Waals surface area contributed by atoms with Gasteiger partial charge in [0.15, 0.2) is 4.77 Å². The Bertz CT molecular complexity index is 652. The molecule has 0 saturated heterocycles. The number of hydrogen-bond donors (Lipinski definition) is 1. The number of fused-ring (bicyclic) bond motifs is 1. The molecule has 2 aromatic rings. The third-order valence-electron chi connectivity index (χ3n) is 4.62. The standard InChI is InChI=1S/C16H21ClN2S/c1-2-14(11-6-4-3-5-7-11)19-15-9-8-12(17)10-13(15)18-16(19)20/h8-11,14H,2-7H2,1H3,(H,18,20). The number of imidazole rings is 1. The summed E-state index contributed by atoms with van der Waals surface area (Å²) < 4.78 is 3.16. The zero-order chi connectivity index (χ0) is 14.1. The molecule has 4 heteroatoms. The Labute approximate surface area is 130 Å². The molecule has 3 rings (SSSR count). The Kier molecular flexibility index (Phi) is 4.18. The van der Waals surface area contributed by atoms with Gasteiger partial charge in [0.25, 0.3) is 0 Å². The van der Waals surface area contributed by atoms with Crippen LogP contribution in [0.15, 0.2) is 18.2 Å². The number of rotatable bonds is 3. The molecule has 108 valence electrons. The topological polar surface area (TPSA) is 20.7 Å². The van der Waals surface area contributed by atoms with Gasteiger partial charge in [-0.1, -0.05) is 37.8 Å². The molecule has 1 unspecified atom stereocenters. The van der Waals surface area contributed by atoms with Gasteiger partial charge in [0, 0.05) is 11.1 Å². The van der Waals surface area contributed by atoms with Crippen molar-refractivity contribution < 1.29 is 0 Å². The number of aromatic nitrogens is 2. The summed E-state index contributed by atoms with van der Waals surface area (Å²) >= 11 is 11.7. The lowest BCUT2D eigenvalue weighted by atomic mass is 9.83. The van der Waals surface area contributed by atoms with Crippen LogP contribution in [0.4, 0.5) is 0 Å². The van der Waals surface area contributed by atoms with Gasteiger partial charge in [0.05, 0.1) is 11.0 Å². The van der Waals surface area contributed by atoms with Gasteiger partial charge in [-0.2, -0.15) is 0 Å². The fourth-order valence-electron chi connectivity index (χ4n) is 3.68. The summed E-state index contributed by atoms with van der Waals surface area (Å²) in [4.78, 5) is 3.32. The number of H-pyrrole nitrogens is 1. The van der Waals surface area contributed by atoms with Crippen LogP contribution < -0.4 is 0 Å². The largest absolute Gasteiger partial charge is 0.331 e. The van der Waals surface area contributed by atoms with Gasteiger partial charge in [0.1, 0.15) is 0 Å². The van der Waals surface area contributed by atoms with Crippen LogP contribution in [0.3, 0.4) is 0 Å². The van der Waals surface area contributed by atoms with Crippen molar-refractivity contribution in [1.29, 1.82) is 0 Å². The van der Waals surface area contributed by atoms with E-state index in [0.717, 1.165) is 27.6 Å². The summed E-state index contributed by atoms with van der Waals surface area (Å²) in [6.07, 6.45) is 7.92. The van der Waals surface area contributed by atoms with Gasteiger partial charge >= 0.3 is 0 Å². The molecular weight excluding hydrogens is 288 g/mol. The summed E-state index contributed by atoms with van der Waals surface area (Å²) in [5, 5.41) is 0.756. The van der Waals surface area contributed by atoms with E-state index in [0.29, 0.717) is 6.04 Å². The second kappa shape index (κ2) is 5.90. The monoisotopic (exact) mass is 308 g/mol. The van der Waals surface area contributed by atoms with Crippen LogP contribution in [-0.4, -0.2) is 9.55 Å². The zero-order valence-corrected chi connectivity index (χ0v) is 13.4. The van der Waals surface area contributed by atoms with E-state index in [1.807, 2.05) is 12.1 Å². The number of aromatic amines is 1. The smallest absolute Gasteiger partial charge is 0.178 e. The molecule has 1 aromatic carbocycles. The molecule has 1 heterocycles. The molecule has 20 heavy (non-hydrogen) atoms. The lowest BCUT2D eigenvalue weighted by Crippen LogP contribution is -2.21. The van der Waals surface area contributed by atoms with Crippen LogP contribution in [0.2, 0.25) is 5.02 Å². The normalized spacial score (nSPS) is 18.5. The maximum atomic E-state index is 6.08. The van der Waals surface area contributed by atoms with Crippen molar-refractivity contribution in [3.05, 3.63) is 28.0 Å². The maximum Gasteiger partial charge on any atom is 0.178 e. The van der Waals surface area contributed by atoms with E-state index in [4.69, 9.17) is 23.8 Å². The molecule has 0 amide bonds. The quantitative estimate of drug-likeness (QED) is 0.702. The molecular formula is C16H21ClN2S. The molecule has 0 aliphatic heterocycles. The molecule has 1 saturated carbocycles. The summed E-state index contributed by atoms with van der Waals surface area (Å²) in [5.74, 6) is 0.759. The molecule has 2 nitrogen and oxygen atoms in total. The number of nitrogens with one attached hydrogen (secondary N) is 1. The molecule has 0 spiro atoms. The highest BCUT2D eigenvalue weighted by Gasteiger charge is 2.25. The minimum absolute atomic E-state index is 0.512. The Morgan fingerprint density at radius 3 is 2.80 bits per heavy atom. The van der Waals surface area contributed by atoms with Crippen molar-refractivity contribution in [3.8, 4) is 0 Å². The van der Waals surface area contributed by atoms with Crippen molar-refractivity contribution in [2.45, 2.75) is 51.5 Å². The first-order chi connectivity index (χ1) is 9.70. The first-order valence-electron chi connectivity index (χ1n) is 7.60. The molecule has 0 bridgehead atoms. The van der Waals surface area contributed by atoms with Crippen molar-refractivity contribution in [2.24, 2.45) is 5.92 Å². The highest BCUT2D eigenvalue weighted by Crippen LogP contribution is 2.37. The number of hydrogen-bond acceptors (Lipinski definition) is 1. The van der Waals surface area contributed by atoms with Crippen LogP contribution in [0.5, 0.6) is 0 Å². The Morgan fingerprint density at radius 2 is 2.10 bits per heavy atom. The zero-order valence-electron chi connectivity index (χ0n) is 11.9. The third-order valence-corrected chi connectivity index (χ3v) is 5.16. The average molecular weight is 309 g/mol. The number of nitrogens with zero attached hydrogens (tertiary/aromatic N) is 1. The molecule has 1 atom stereocenters. The fourth-order valence-corrected chi connectivity index (χ4v) is 4.19. The fraction of sp³-hybridized carbons (Fsp3) is 0.562. The van der Waals surface area contributed by atoms with Gasteiger partial charge in [-0.05, 0) is 55.6 Å². The van der Waals surface area contributed by atoms with E-state index in [-0.39, 0.29) is 0 Å². The second-order valence-corrected chi connectivity index (χ2v) is 6.66. The number of halogens is 1. The van der Waals surface area contributed by atoms with Crippen LogP contribution in [0.1, 0.15) is 51.5 Å². The predicted octanol–water partition coefficient (Wildman–Crippen LogP) is 5.88. The van der Waals surface area contributed by atoms with E-state index >= 15 is 0 Å². The summed E-state index contributed by atoms with van der Waals surface area (Å²) in [6.45, 7) is 2.27. The number of benzene rings is 1. The van der Waals surface area contributed by atoms with E-state index in [2.05, 4.69) is 22.5 Å². The lowest BCUT2D eigenvalue weighted by molar-refractivity contribution is 0.245. The van der Waals surface area contributed by atoms with Gasteiger partial charge in [0.2, 0.25) is 0 Å². The van der Waals surface area contributed by atoms with Crippen molar-refractivity contribution >= 4 is 34.9 Å². The second-order valence-electron chi connectivity index (χ2n) is 5.84. The van der Waals surface area contributed by atoms with E-state index in [9.17, 15) is 0 Å². The summed E-state index contributed by atoms with van der Waals surface area (Å²) in [7, 11) is 0. The van der Waals surface area contributed by atoms with Crippen molar-refractivity contribution in [1.82, 2.24) is 9.55 Å². The minimum atomic E-state index is 0.512. The van der Waals surface area contributed by atoms with Crippen LogP contribution in [-0.2, 0) is 0 Å². The van der Waals surface area contributed by atoms with Crippen LogP contribution >= 0.6 is 23.8 Å². The highest BCUT2D eigenvalue weighted by atomic mass is 35.5. The first kappa shape index (κ1) is 14.2. The van der Waals surface area contributed by atoms with Crippen molar-refractivity contribution in [3.63, 3.8) is 0 Å². The third kappa shape index (κ3) is 2.53. The SMILES string of the molecule is CCC(C1CCCCC1)n1c(=S)[nH]c2cc(Cl)ccc21. The lowest BCUT2D eigenvalue weighted by Gasteiger charge is -2.31. The molecule has 1 fully saturated rings. The highest BCUT2D eigenvalue weighted by molar-refractivity contribution is 7.71. The maximum absolute atomic E-state index is 6.08. The first-order valence-corrected chi connectivity index (χ1v) is 8.39. The summed E-state index contributed by atoms with van der Waals surface area (Å²) in [5.41, 5.74) is 2.24. The minimum Gasteiger partial charge on any atom is -0.331 e. The molecule has 0 radical (unpaired) electrons. The van der Waals surface area contributed by atoms with Gasteiger partial charge in [-0.25, -0.2) is 0 Å². The van der Waals surface area contributed by atoms with Gasteiger partial charge < -0.3 is 9.55 Å². The van der Waals surface area contributed by atoms with Crippen molar-refractivity contribution in [2.75, 3.05) is 0 Å². The van der Waals surface area contributed by atoms with E-state index in [1.54, 1.807) is 0 Å². The molecule has 1 aromatic heterocycles. The summed E-state index contributed by atoms with van der Waals surface area (Å²) in [6, 6.07) is 6.53. The predicted molar refractivity (Wildman–Crippen MR) is 88.0 cm³/mol. The van der Waals surface area contributed by atoms with Crippen LogP contribution in [0.25, 0.3) is 11.0 Å². The van der Waals surface area contributed by atoms with E-state index in [1.165, 1.54) is 37.6 Å². The molecule has 1 N–H and O–H groups in total. The Morgan fingerprint density at radius 1 is 1.35 bits per heavy atom.